The highest BCUT2D eigenvalue weighted by atomic mass is 32.2. The number of nitrogens with one attached hydrogen (secondary N) is 3. The summed E-state index contributed by atoms with van der Waals surface area (Å²) >= 11 is 0. The molecule has 0 radical (unpaired) electrons. The molecule has 0 spiro atoms. The van der Waals surface area contributed by atoms with E-state index in [9.17, 15) is 34.8 Å². The lowest BCUT2D eigenvalue weighted by Gasteiger charge is -2.42. The summed E-state index contributed by atoms with van der Waals surface area (Å²) < 4.78 is 83.3. The lowest BCUT2D eigenvalue weighted by atomic mass is 9.66. The molecule has 2 aromatic rings. The Morgan fingerprint density at radius 2 is 1.65 bits per heavy atom. The van der Waals surface area contributed by atoms with Crippen LogP contribution < -0.4 is 14.8 Å². The highest BCUT2D eigenvalue weighted by Crippen LogP contribution is 2.43. The van der Waals surface area contributed by atoms with Gasteiger partial charge in [0, 0.05) is 11.3 Å². The average Bonchev–Trinajstić information content (AvgIpc) is 2.79. The van der Waals surface area contributed by atoms with Crippen LogP contribution in [-0.2, 0) is 40.4 Å². The number of nitrogens with zero attached hydrogens (tertiary/aromatic N) is 1. The molecule has 1 aliphatic heterocycles. The molecule has 3 N–H and O–H groups in total. The topological polar surface area (TPSA) is 185 Å². The summed E-state index contributed by atoms with van der Waals surface area (Å²) in [5, 5.41) is 2.75. The molecule has 4 rings (SSSR count). The number of fused-ring (bicyclic) bond motifs is 2. The number of anilines is 2. The van der Waals surface area contributed by atoms with Gasteiger partial charge >= 0.3 is 0 Å². The van der Waals surface area contributed by atoms with Crippen LogP contribution in [-0.4, -0.2) is 55.2 Å². The number of sulfonamides is 3. The standard InChI is InChI=1S/C25H30N4O8S3/c1-24(2,3)12-13-25(29-39(5,34)35)17-9-7-6-8-16(17)21(30)20(22(25)31)23-26-18-11-10-15(27-38(4,32)33)14-19(18)40(36,37)28-23/h6-11,14,20,27,29H,12-13H2,1-5H3,(H,26,28)/t20?,25-/m0/s1. The van der Waals surface area contributed by atoms with Gasteiger partial charge < -0.3 is 5.32 Å². The van der Waals surface area contributed by atoms with Gasteiger partial charge in [-0.3, -0.25) is 14.3 Å². The molecule has 0 saturated carbocycles. The molecule has 1 unspecified atom stereocenters. The van der Waals surface area contributed by atoms with E-state index >= 15 is 0 Å². The van der Waals surface area contributed by atoms with Crippen molar-refractivity contribution in [1.82, 2.24) is 4.72 Å². The van der Waals surface area contributed by atoms with E-state index in [1.165, 1.54) is 24.3 Å². The molecule has 2 aromatic carbocycles. The minimum Gasteiger partial charge on any atom is -0.341 e. The van der Waals surface area contributed by atoms with E-state index in [-0.39, 0.29) is 39.2 Å². The molecule has 0 saturated heterocycles. The molecule has 1 aliphatic carbocycles. The van der Waals surface area contributed by atoms with Gasteiger partial charge in [0.15, 0.2) is 11.6 Å². The minimum atomic E-state index is -4.50. The molecule has 1 heterocycles. The Bertz CT molecular complexity index is 1780. The van der Waals surface area contributed by atoms with Gasteiger partial charge in [-0.1, -0.05) is 45.0 Å². The number of hydrogen-bond acceptors (Lipinski definition) is 9. The molecule has 15 heteroatoms. The first-order valence-electron chi connectivity index (χ1n) is 12.1. The fourth-order valence-corrected chi connectivity index (χ4v) is 7.53. The van der Waals surface area contributed by atoms with Crippen LogP contribution in [0, 0.1) is 11.3 Å². The fourth-order valence-electron chi connectivity index (χ4n) is 4.85. The average molecular weight is 611 g/mol. The second-order valence-corrected chi connectivity index (χ2v) is 16.3. The van der Waals surface area contributed by atoms with Crippen LogP contribution in [0.5, 0.6) is 0 Å². The summed E-state index contributed by atoms with van der Waals surface area (Å²) in [5.41, 5.74) is -1.99. The third-order valence-corrected chi connectivity index (χ3v) is 9.18. The van der Waals surface area contributed by atoms with Crippen LogP contribution in [0.1, 0.15) is 49.5 Å². The van der Waals surface area contributed by atoms with Crippen molar-refractivity contribution in [3.8, 4) is 0 Å². The summed E-state index contributed by atoms with van der Waals surface area (Å²) in [4.78, 5) is 27.7. The van der Waals surface area contributed by atoms with Crippen LogP contribution in [0.2, 0.25) is 0 Å². The van der Waals surface area contributed by atoms with E-state index < -0.39 is 58.9 Å². The third-order valence-electron chi connectivity index (χ3n) is 6.52. The summed E-state index contributed by atoms with van der Waals surface area (Å²) in [5.74, 6) is -3.83. The van der Waals surface area contributed by atoms with E-state index in [0.717, 1.165) is 18.6 Å². The fraction of sp³-hybridized carbons (Fsp3) is 0.400. The molecular weight excluding hydrogens is 580 g/mol. The lowest BCUT2D eigenvalue weighted by molar-refractivity contribution is -0.127. The number of Topliss-reactive ketones (excluding diaryl/α,β-unsaturated/α-hetero) is 2. The molecule has 40 heavy (non-hydrogen) atoms. The molecule has 2 aliphatic rings. The van der Waals surface area contributed by atoms with Crippen LogP contribution in [0.4, 0.5) is 11.4 Å². The van der Waals surface area contributed by atoms with Crippen LogP contribution in [0.25, 0.3) is 0 Å². The Morgan fingerprint density at radius 1 is 1.00 bits per heavy atom. The minimum absolute atomic E-state index is 0.000332. The second-order valence-electron chi connectivity index (χ2n) is 11.2. The number of hydrogen-bond donors (Lipinski definition) is 3. The number of benzene rings is 2. The Labute approximate surface area is 233 Å². The normalized spacial score (nSPS) is 22.5. The summed E-state index contributed by atoms with van der Waals surface area (Å²) in [6.07, 6.45) is 2.20. The monoisotopic (exact) mass is 610 g/mol. The molecule has 2 atom stereocenters. The predicted octanol–water partition coefficient (Wildman–Crippen LogP) is 2.22. The van der Waals surface area contributed by atoms with Crippen LogP contribution >= 0.6 is 0 Å². The molecule has 0 aromatic heterocycles. The summed E-state index contributed by atoms with van der Waals surface area (Å²) in [6, 6.07) is 9.79. The van der Waals surface area contributed by atoms with Gasteiger partial charge in [-0.25, -0.2) is 16.8 Å². The maximum atomic E-state index is 14.3. The number of rotatable bonds is 7. The zero-order valence-corrected chi connectivity index (χ0v) is 24.9. The van der Waals surface area contributed by atoms with Gasteiger partial charge in [0.25, 0.3) is 10.0 Å². The molecule has 0 bridgehead atoms. The molecule has 12 nitrogen and oxygen atoms in total. The van der Waals surface area contributed by atoms with Crippen molar-refractivity contribution in [1.29, 1.82) is 0 Å². The van der Waals surface area contributed by atoms with Crippen molar-refractivity contribution in [3.63, 3.8) is 0 Å². The van der Waals surface area contributed by atoms with Gasteiger partial charge in [-0.2, -0.15) is 13.1 Å². The van der Waals surface area contributed by atoms with Gasteiger partial charge in [0.05, 0.1) is 18.2 Å². The van der Waals surface area contributed by atoms with Gasteiger partial charge in [0.1, 0.15) is 22.2 Å². The third kappa shape index (κ3) is 5.96. The van der Waals surface area contributed by atoms with Crippen molar-refractivity contribution in [3.05, 3.63) is 53.6 Å². The first-order valence-corrected chi connectivity index (χ1v) is 17.4. The lowest BCUT2D eigenvalue weighted by Crippen LogP contribution is -2.60. The van der Waals surface area contributed by atoms with Crippen molar-refractivity contribution in [2.24, 2.45) is 15.7 Å². The quantitative estimate of drug-likeness (QED) is 0.395. The van der Waals surface area contributed by atoms with E-state index in [1.54, 1.807) is 12.1 Å². The SMILES string of the molecule is CC(C)(C)CC[C@@]1(NS(C)(=O)=O)C(=O)C(C2=NS(=O)(=O)c3cc(NS(C)(=O)=O)ccc3N2)C(=O)c2ccccc21. The van der Waals surface area contributed by atoms with Crippen molar-refractivity contribution < 1.29 is 34.8 Å². The zero-order chi connectivity index (χ0) is 29.9. The van der Waals surface area contributed by atoms with Crippen molar-refractivity contribution >= 4 is 58.8 Å². The van der Waals surface area contributed by atoms with E-state index in [2.05, 4.69) is 19.2 Å². The van der Waals surface area contributed by atoms with Gasteiger partial charge in [0.2, 0.25) is 20.0 Å². The molecule has 0 fully saturated rings. The van der Waals surface area contributed by atoms with Gasteiger partial charge in [-0.15, -0.1) is 4.40 Å². The maximum Gasteiger partial charge on any atom is 0.286 e. The summed E-state index contributed by atoms with van der Waals surface area (Å²) in [6.45, 7) is 5.77. The Balaban J connectivity index is 1.89. The molecule has 0 amide bonds. The first-order chi connectivity index (χ1) is 18.2. The number of ketones is 2. The van der Waals surface area contributed by atoms with Crippen LogP contribution in [0.3, 0.4) is 0 Å². The largest absolute Gasteiger partial charge is 0.341 e. The van der Waals surface area contributed by atoms with E-state index in [0.29, 0.717) is 6.42 Å². The zero-order valence-electron chi connectivity index (χ0n) is 22.5. The molecule has 216 valence electrons. The number of amidine groups is 1. The van der Waals surface area contributed by atoms with Crippen molar-refractivity contribution in [2.75, 3.05) is 22.6 Å². The highest BCUT2D eigenvalue weighted by molar-refractivity contribution is 7.92. The summed E-state index contributed by atoms with van der Waals surface area (Å²) in [7, 11) is -12.2. The Hall–Kier alpha value is -3.14. The van der Waals surface area contributed by atoms with E-state index in [1.807, 2.05) is 20.8 Å². The Kier molecular flexibility index (Phi) is 7.27. The second kappa shape index (κ2) is 9.75. The highest BCUT2D eigenvalue weighted by Gasteiger charge is 2.55. The predicted molar refractivity (Wildman–Crippen MR) is 151 cm³/mol. The van der Waals surface area contributed by atoms with Crippen LogP contribution in [0.15, 0.2) is 51.8 Å². The Morgan fingerprint density at radius 3 is 2.25 bits per heavy atom. The van der Waals surface area contributed by atoms with Gasteiger partial charge in [-0.05, 0) is 42.0 Å². The maximum absolute atomic E-state index is 14.3. The first kappa shape index (κ1) is 29.8. The number of carbonyl (C=O) groups is 2. The molecular formula is C25H30N4O8S3. The smallest absolute Gasteiger partial charge is 0.286 e. The van der Waals surface area contributed by atoms with Crippen molar-refractivity contribution in [2.45, 2.75) is 44.0 Å². The number of carbonyl (C=O) groups excluding carboxylic acids is 2. The van der Waals surface area contributed by atoms with E-state index in [4.69, 9.17) is 0 Å².